The summed E-state index contributed by atoms with van der Waals surface area (Å²) in [6.07, 6.45) is 0.416. The van der Waals surface area contributed by atoms with Crippen molar-refractivity contribution >= 4 is 50.9 Å². The number of fused-ring (bicyclic) bond motifs is 1. The number of amides is 2. The van der Waals surface area contributed by atoms with Crippen molar-refractivity contribution in [2.75, 3.05) is 37.6 Å². The second kappa shape index (κ2) is 6.89. The molecule has 1 N–H and O–H groups in total. The van der Waals surface area contributed by atoms with Crippen molar-refractivity contribution < 1.29 is 18.0 Å². The molecule has 3 saturated heterocycles. The van der Waals surface area contributed by atoms with Gasteiger partial charge in [0.1, 0.15) is 5.92 Å². The van der Waals surface area contributed by atoms with Crippen molar-refractivity contribution in [3.8, 4) is 0 Å². The number of anilines is 1. The lowest BCUT2D eigenvalue weighted by molar-refractivity contribution is -0.141. The van der Waals surface area contributed by atoms with Crippen LogP contribution in [0.3, 0.4) is 0 Å². The summed E-state index contributed by atoms with van der Waals surface area (Å²) in [4.78, 5) is 28.8. The van der Waals surface area contributed by atoms with Crippen molar-refractivity contribution in [3.63, 3.8) is 0 Å². The first-order valence-electron chi connectivity index (χ1n) is 8.59. The highest BCUT2D eigenvalue weighted by Gasteiger charge is 2.45. The zero-order valence-electron chi connectivity index (χ0n) is 14.3. The van der Waals surface area contributed by atoms with E-state index in [4.69, 9.17) is 23.2 Å². The van der Waals surface area contributed by atoms with Gasteiger partial charge in [-0.25, -0.2) is 4.72 Å². The summed E-state index contributed by atoms with van der Waals surface area (Å²) in [6.45, 7) is 1.52. The van der Waals surface area contributed by atoms with Crippen LogP contribution < -0.4 is 9.62 Å². The lowest BCUT2D eigenvalue weighted by Crippen LogP contribution is -2.55. The topological polar surface area (TPSA) is 90.0 Å². The fraction of sp³-hybridized carbons (Fsp3) is 0.500. The number of rotatable bonds is 2. The second-order valence-electron chi connectivity index (χ2n) is 6.83. The van der Waals surface area contributed by atoms with Gasteiger partial charge in [0.05, 0.1) is 16.1 Å². The van der Waals surface area contributed by atoms with Crippen LogP contribution in [-0.4, -0.2) is 68.2 Å². The summed E-state index contributed by atoms with van der Waals surface area (Å²) in [7, 11) is -3.43. The maximum atomic E-state index is 12.9. The van der Waals surface area contributed by atoms with Gasteiger partial charge in [0.2, 0.25) is 11.8 Å². The smallest absolute Gasteiger partial charge is 0.279 e. The van der Waals surface area contributed by atoms with E-state index in [1.807, 2.05) is 0 Å². The zero-order valence-corrected chi connectivity index (χ0v) is 16.6. The van der Waals surface area contributed by atoms with Crippen molar-refractivity contribution in [1.29, 1.82) is 0 Å². The first kappa shape index (κ1) is 18.9. The molecule has 1 aromatic rings. The number of carbonyl (C=O) groups is 2. The normalized spacial score (nSPS) is 27.9. The summed E-state index contributed by atoms with van der Waals surface area (Å²) < 4.78 is 27.6. The van der Waals surface area contributed by atoms with Crippen molar-refractivity contribution in [2.24, 2.45) is 5.92 Å². The van der Waals surface area contributed by atoms with Gasteiger partial charge in [0, 0.05) is 38.4 Å². The largest absolute Gasteiger partial charge is 0.339 e. The van der Waals surface area contributed by atoms with E-state index in [9.17, 15) is 18.0 Å². The third-order valence-corrected chi connectivity index (χ3v) is 7.64. The van der Waals surface area contributed by atoms with Crippen molar-refractivity contribution in [2.45, 2.75) is 12.5 Å². The van der Waals surface area contributed by atoms with Crippen LogP contribution in [0.5, 0.6) is 0 Å². The average Bonchev–Trinajstić information content (AvgIpc) is 3.16. The highest BCUT2D eigenvalue weighted by atomic mass is 35.5. The highest BCUT2D eigenvalue weighted by molar-refractivity contribution is 7.87. The second-order valence-corrected chi connectivity index (χ2v) is 9.35. The van der Waals surface area contributed by atoms with E-state index in [1.165, 1.54) is 4.31 Å². The summed E-state index contributed by atoms with van der Waals surface area (Å²) >= 11 is 12.0. The van der Waals surface area contributed by atoms with Crippen LogP contribution in [0.2, 0.25) is 10.0 Å². The molecule has 2 amide bonds. The Hall–Kier alpha value is -1.39. The predicted octanol–water partition coefficient (Wildman–Crippen LogP) is 0.707. The molecule has 3 heterocycles. The predicted molar refractivity (Wildman–Crippen MR) is 101 cm³/mol. The SMILES string of the molecule is O=C(C1CCN(c2ccc(Cl)c(Cl)c2)C1=O)N1CCN2C(CNS2(=O)=O)C1. The fourth-order valence-electron chi connectivity index (χ4n) is 3.84. The molecule has 1 aromatic carbocycles. The van der Waals surface area contributed by atoms with Crippen LogP contribution >= 0.6 is 23.2 Å². The Morgan fingerprint density at radius 1 is 1.15 bits per heavy atom. The Labute approximate surface area is 167 Å². The maximum absolute atomic E-state index is 12.9. The number of hydrogen-bond acceptors (Lipinski definition) is 4. The van der Waals surface area contributed by atoms with E-state index in [0.717, 1.165) is 0 Å². The molecule has 2 unspecified atom stereocenters. The molecule has 0 radical (unpaired) electrons. The molecule has 8 nitrogen and oxygen atoms in total. The Bertz CT molecular complexity index is 910. The van der Waals surface area contributed by atoms with Gasteiger partial charge in [-0.1, -0.05) is 23.2 Å². The molecule has 11 heteroatoms. The first-order valence-corrected chi connectivity index (χ1v) is 10.8. The molecule has 0 bridgehead atoms. The molecule has 4 rings (SSSR count). The third kappa shape index (κ3) is 3.31. The lowest BCUT2D eigenvalue weighted by atomic mass is 10.1. The number of nitrogens with one attached hydrogen (secondary N) is 1. The van der Waals surface area contributed by atoms with Crippen LogP contribution in [-0.2, 0) is 19.8 Å². The van der Waals surface area contributed by atoms with Crippen molar-refractivity contribution in [3.05, 3.63) is 28.2 Å². The zero-order chi connectivity index (χ0) is 19.3. The van der Waals surface area contributed by atoms with Crippen LogP contribution in [0.1, 0.15) is 6.42 Å². The number of nitrogens with zero attached hydrogens (tertiary/aromatic N) is 3. The highest BCUT2D eigenvalue weighted by Crippen LogP contribution is 2.32. The Morgan fingerprint density at radius 3 is 2.67 bits per heavy atom. The monoisotopic (exact) mass is 432 g/mol. The molecule has 3 fully saturated rings. The van der Waals surface area contributed by atoms with Gasteiger partial charge in [-0.15, -0.1) is 0 Å². The molecule has 0 saturated carbocycles. The van der Waals surface area contributed by atoms with E-state index in [2.05, 4.69) is 4.72 Å². The number of carbonyl (C=O) groups excluding carboxylic acids is 2. The Balaban J connectivity index is 1.46. The van der Waals surface area contributed by atoms with Crippen LogP contribution in [0.15, 0.2) is 18.2 Å². The summed E-state index contributed by atoms with van der Waals surface area (Å²) in [5.74, 6) is -1.26. The van der Waals surface area contributed by atoms with Crippen LogP contribution in [0.4, 0.5) is 5.69 Å². The minimum atomic E-state index is -3.43. The molecular weight excluding hydrogens is 415 g/mol. The Morgan fingerprint density at radius 2 is 1.93 bits per heavy atom. The molecule has 3 aliphatic rings. The lowest BCUT2D eigenvalue weighted by Gasteiger charge is -2.36. The van der Waals surface area contributed by atoms with Gasteiger partial charge < -0.3 is 9.80 Å². The molecule has 146 valence electrons. The number of halogens is 2. The molecule has 2 atom stereocenters. The molecule has 3 aliphatic heterocycles. The van der Waals surface area contributed by atoms with Gasteiger partial charge in [0.25, 0.3) is 10.2 Å². The third-order valence-electron chi connectivity index (χ3n) is 5.27. The van der Waals surface area contributed by atoms with E-state index in [-0.39, 0.29) is 37.5 Å². The van der Waals surface area contributed by atoms with E-state index in [0.29, 0.717) is 35.2 Å². The number of hydrogen-bond donors (Lipinski definition) is 1. The summed E-state index contributed by atoms with van der Waals surface area (Å²) in [5, 5.41) is 0.750. The number of benzene rings is 1. The van der Waals surface area contributed by atoms with Gasteiger partial charge in [-0.3, -0.25) is 9.59 Å². The fourth-order valence-corrected chi connectivity index (χ4v) is 5.56. The maximum Gasteiger partial charge on any atom is 0.279 e. The minimum Gasteiger partial charge on any atom is -0.339 e. The molecule has 0 aromatic heterocycles. The van der Waals surface area contributed by atoms with E-state index < -0.39 is 16.1 Å². The van der Waals surface area contributed by atoms with Gasteiger partial charge in [-0.05, 0) is 24.6 Å². The quantitative estimate of drug-likeness (QED) is 0.696. The molecule has 0 spiro atoms. The molecular formula is C16H18Cl2N4O4S. The van der Waals surface area contributed by atoms with Crippen LogP contribution in [0, 0.1) is 5.92 Å². The number of piperazine rings is 1. The first-order chi connectivity index (χ1) is 12.8. The summed E-state index contributed by atoms with van der Waals surface area (Å²) in [5.41, 5.74) is 0.612. The molecule has 0 aliphatic carbocycles. The average molecular weight is 433 g/mol. The van der Waals surface area contributed by atoms with Gasteiger partial charge in [-0.2, -0.15) is 12.7 Å². The van der Waals surface area contributed by atoms with Gasteiger partial charge in [0.15, 0.2) is 0 Å². The standard InChI is InChI=1S/C16H18Cl2N4O4S/c17-13-2-1-10(7-14(13)18)21-4-3-12(16(21)24)15(23)20-5-6-22-11(9-20)8-19-27(22,25)26/h1-2,7,11-12,19H,3-6,8-9H2. The molecule has 27 heavy (non-hydrogen) atoms. The summed E-state index contributed by atoms with van der Waals surface area (Å²) in [6, 6.07) is 4.65. The van der Waals surface area contributed by atoms with Crippen LogP contribution in [0.25, 0.3) is 0 Å². The van der Waals surface area contributed by atoms with Gasteiger partial charge >= 0.3 is 0 Å². The van der Waals surface area contributed by atoms with E-state index in [1.54, 1.807) is 28.0 Å². The minimum absolute atomic E-state index is 0.239. The van der Waals surface area contributed by atoms with Crippen molar-refractivity contribution in [1.82, 2.24) is 13.9 Å². The Kier molecular flexibility index (Phi) is 4.84. The van der Waals surface area contributed by atoms with E-state index >= 15 is 0 Å².